The molecule has 0 aliphatic heterocycles. The Labute approximate surface area is 359 Å². The molecule has 6 heteroatoms. The molecule has 336 valence electrons. The maximum Gasteiger partial charge on any atom is 0.306 e. The lowest BCUT2D eigenvalue weighted by Crippen LogP contribution is -2.29. The van der Waals surface area contributed by atoms with Crippen LogP contribution in [0.25, 0.3) is 0 Å². The molecule has 58 heavy (non-hydrogen) atoms. The Morgan fingerprint density at radius 3 is 1.41 bits per heavy atom. The SMILES string of the molecule is CCCCCCCCCOC(=O)CCCCCCCN(CCCCCCCC(=O)OC(CCCCCCCC)CCCCCCCC)CCC(=O)Cc1ccccc1. The summed E-state index contributed by atoms with van der Waals surface area (Å²) in [5.41, 5.74) is 1.09. The molecule has 0 fully saturated rings. The number of esters is 2. The molecule has 0 bridgehead atoms. The van der Waals surface area contributed by atoms with Gasteiger partial charge in [-0.3, -0.25) is 14.4 Å². The van der Waals surface area contributed by atoms with Crippen molar-refractivity contribution >= 4 is 17.7 Å². The molecule has 0 atom stereocenters. The largest absolute Gasteiger partial charge is 0.466 e. The molecule has 0 saturated heterocycles. The van der Waals surface area contributed by atoms with Crippen LogP contribution in [0.5, 0.6) is 0 Å². The third-order valence-corrected chi connectivity index (χ3v) is 11.7. The highest BCUT2D eigenvalue weighted by atomic mass is 16.5. The van der Waals surface area contributed by atoms with Gasteiger partial charge in [0.25, 0.3) is 0 Å². The summed E-state index contributed by atoms with van der Waals surface area (Å²) in [7, 11) is 0. The molecule has 0 aromatic heterocycles. The molecule has 6 nitrogen and oxygen atoms in total. The lowest BCUT2D eigenvalue weighted by molar-refractivity contribution is -0.150. The number of unbranched alkanes of at least 4 members (excludes halogenated alkanes) is 24. The number of nitrogens with zero attached hydrogens (tertiary/aromatic N) is 1. The smallest absolute Gasteiger partial charge is 0.306 e. The third kappa shape index (κ3) is 35.7. The molecule has 1 aromatic rings. The van der Waals surface area contributed by atoms with Crippen LogP contribution in [-0.2, 0) is 30.3 Å². The van der Waals surface area contributed by atoms with E-state index >= 15 is 0 Å². The van der Waals surface area contributed by atoms with Crippen LogP contribution >= 0.6 is 0 Å². The quantitative estimate of drug-likeness (QED) is 0.0483. The summed E-state index contributed by atoms with van der Waals surface area (Å²) < 4.78 is 11.5. The number of hydrogen-bond donors (Lipinski definition) is 0. The number of rotatable bonds is 44. The minimum atomic E-state index is -0.0384. The van der Waals surface area contributed by atoms with E-state index in [0.29, 0.717) is 38.1 Å². The summed E-state index contributed by atoms with van der Waals surface area (Å²) in [6, 6.07) is 10.1. The van der Waals surface area contributed by atoms with Crippen molar-refractivity contribution in [2.24, 2.45) is 0 Å². The molecular formula is C52H93NO5. The van der Waals surface area contributed by atoms with Crippen molar-refractivity contribution in [3.05, 3.63) is 35.9 Å². The maximum absolute atomic E-state index is 12.8. The summed E-state index contributed by atoms with van der Waals surface area (Å²) in [5, 5.41) is 0. The van der Waals surface area contributed by atoms with Gasteiger partial charge in [-0.05, 0) is 76.4 Å². The molecule has 0 saturated carbocycles. The van der Waals surface area contributed by atoms with E-state index < -0.39 is 0 Å². The first-order valence-electron chi connectivity index (χ1n) is 25.1. The van der Waals surface area contributed by atoms with Crippen LogP contribution in [0.3, 0.4) is 0 Å². The zero-order chi connectivity index (χ0) is 42.0. The fraction of sp³-hybridized carbons (Fsp3) is 0.827. The highest BCUT2D eigenvalue weighted by Gasteiger charge is 2.15. The standard InChI is InChI=1S/C52H93NO5/c1-4-7-10-13-16-25-35-46-57-51(55)40-31-21-17-23-33-43-53(45-42-49(54)47-48-36-27-26-28-37-48)44-34-24-18-22-32-41-52(56)58-50(38-29-19-14-11-8-5-2)39-30-20-15-12-9-6-3/h26-28,36-37,50H,4-25,29-35,38-47H2,1-3H3. The third-order valence-electron chi connectivity index (χ3n) is 11.7. The van der Waals surface area contributed by atoms with E-state index in [9.17, 15) is 14.4 Å². The van der Waals surface area contributed by atoms with Gasteiger partial charge in [0.15, 0.2) is 0 Å². The predicted octanol–water partition coefficient (Wildman–Crippen LogP) is 14.9. The number of ketones is 1. The second-order valence-electron chi connectivity index (χ2n) is 17.4. The van der Waals surface area contributed by atoms with Gasteiger partial charge in [0.05, 0.1) is 6.61 Å². The zero-order valence-corrected chi connectivity index (χ0v) is 38.5. The van der Waals surface area contributed by atoms with Crippen LogP contribution in [0, 0.1) is 0 Å². The molecule has 0 N–H and O–H groups in total. The van der Waals surface area contributed by atoms with Gasteiger partial charge in [-0.15, -0.1) is 0 Å². The Hall–Kier alpha value is -2.21. The molecule has 1 rings (SSSR count). The average Bonchev–Trinajstić information content (AvgIpc) is 3.22. The fourth-order valence-corrected chi connectivity index (χ4v) is 7.93. The Bertz CT molecular complexity index is 1050. The maximum atomic E-state index is 12.8. The monoisotopic (exact) mass is 812 g/mol. The van der Waals surface area contributed by atoms with E-state index in [0.717, 1.165) is 115 Å². The Morgan fingerprint density at radius 1 is 0.466 bits per heavy atom. The second-order valence-corrected chi connectivity index (χ2v) is 17.4. The highest BCUT2D eigenvalue weighted by molar-refractivity contribution is 5.81. The first kappa shape index (κ1) is 53.8. The first-order valence-corrected chi connectivity index (χ1v) is 25.1. The summed E-state index contributed by atoms with van der Waals surface area (Å²) in [4.78, 5) is 40.3. The van der Waals surface area contributed by atoms with Gasteiger partial charge in [-0.1, -0.05) is 192 Å². The lowest BCUT2D eigenvalue weighted by atomic mass is 10.0. The topological polar surface area (TPSA) is 72.9 Å². The number of Topliss-reactive ketones (excluding diaryl/α,β-unsaturated/α-hetero) is 1. The molecule has 0 aliphatic rings. The molecule has 0 spiro atoms. The molecule has 0 radical (unpaired) electrons. The molecule has 0 amide bonds. The van der Waals surface area contributed by atoms with E-state index in [1.54, 1.807) is 0 Å². The summed E-state index contributed by atoms with van der Waals surface area (Å²) in [6.45, 7) is 10.2. The number of carbonyl (C=O) groups is 3. The van der Waals surface area contributed by atoms with Gasteiger partial charge in [0.2, 0.25) is 0 Å². The number of ether oxygens (including phenoxy) is 2. The Morgan fingerprint density at radius 2 is 0.897 bits per heavy atom. The van der Waals surface area contributed by atoms with Gasteiger partial charge < -0.3 is 14.4 Å². The van der Waals surface area contributed by atoms with Crippen LogP contribution < -0.4 is 0 Å². The lowest BCUT2D eigenvalue weighted by Gasteiger charge is -2.22. The molecule has 0 aliphatic carbocycles. The van der Waals surface area contributed by atoms with Gasteiger partial charge in [-0.25, -0.2) is 0 Å². The summed E-state index contributed by atoms with van der Waals surface area (Å²) in [5.74, 6) is 0.277. The number of hydrogen-bond acceptors (Lipinski definition) is 6. The minimum Gasteiger partial charge on any atom is -0.466 e. The van der Waals surface area contributed by atoms with Crippen molar-refractivity contribution < 1.29 is 23.9 Å². The first-order chi connectivity index (χ1) is 28.5. The van der Waals surface area contributed by atoms with Crippen molar-refractivity contribution in [2.45, 2.75) is 252 Å². The van der Waals surface area contributed by atoms with Crippen molar-refractivity contribution in [3.8, 4) is 0 Å². The van der Waals surface area contributed by atoms with Gasteiger partial charge in [0, 0.05) is 32.2 Å². The van der Waals surface area contributed by atoms with Crippen molar-refractivity contribution in [1.82, 2.24) is 4.90 Å². The van der Waals surface area contributed by atoms with E-state index in [-0.39, 0.29) is 18.0 Å². The normalized spacial score (nSPS) is 11.5. The van der Waals surface area contributed by atoms with E-state index in [1.807, 2.05) is 30.3 Å². The van der Waals surface area contributed by atoms with Gasteiger partial charge >= 0.3 is 11.9 Å². The van der Waals surface area contributed by atoms with Crippen LogP contribution in [0.1, 0.15) is 245 Å². The van der Waals surface area contributed by atoms with Crippen molar-refractivity contribution in [2.75, 3.05) is 26.2 Å². The second kappa shape index (κ2) is 41.5. The summed E-state index contributed by atoms with van der Waals surface area (Å²) in [6.07, 6.45) is 39.0. The Kier molecular flexibility index (Phi) is 38.5. The summed E-state index contributed by atoms with van der Waals surface area (Å²) >= 11 is 0. The average molecular weight is 812 g/mol. The Balaban J connectivity index is 2.34. The van der Waals surface area contributed by atoms with Crippen LogP contribution in [0.4, 0.5) is 0 Å². The van der Waals surface area contributed by atoms with Crippen LogP contribution in [0.2, 0.25) is 0 Å². The van der Waals surface area contributed by atoms with Gasteiger partial charge in [0.1, 0.15) is 11.9 Å². The van der Waals surface area contributed by atoms with E-state index in [2.05, 4.69) is 25.7 Å². The zero-order valence-electron chi connectivity index (χ0n) is 38.5. The molecule has 0 unspecified atom stereocenters. The fourth-order valence-electron chi connectivity index (χ4n) is 7.93. The van der Waals surface area contributed by atoms with Crippen LogP contribution in [-0.4, -0.2) is 55.0 Å². The predicted molar refractivity (Wildman–Crippen MR) is 246 cm³/mol. The van der Waals surface area contributed by atoms with Crippen LogP contribution in [0.15, 0.2) is 30.3 Å². The molecule has 0 heterocycles. The molecular weight excluding hydrogens is 719 g/mol. The minimum absolute atomic E-state index is 0.00652. The van der Waals surface area contributed by atoms with Gasteiger partial charge in [-0.2, -0.15) is 0 Å². The highest BCUT2D eigenvalue weighted by Crippen LogP contribution is 2.19. The number of benzene rings is 1. The van der Waals surface area contributed by atoms with E-state index in [1.165, 1.54) is 109 Å². The van der Waals surface area contributed by atoms with Crippen molar-refractivity contribution in [1.29, 1.82) is 0 Å². The number of carbonyl (C=O) groups excluding carboxylic acids is 3. The van der Waals surface area contributed by atoms with Crippen molar-refractivity contribution in [3.63, 3.8) is 0 Å². The molecule has 1 aromatic carbocycles. The van der Waals surface area contributed by atoms with E-state index in [4.69, 9.17) is 9.47 Å².